The molecule has 3 N–H and O–H groups in total. The summed E-state index contributed by atoms with van der Waals surface area (Å²) >= 11 is 6.00. The van der Waals surface area contributed by atoms with Gasteiger partial charge < -0.3 is 20.1 Å². The van der Waals surface area contributed by atoms with Crippen molar-refractivity contribution in [1.29, 1.82) is 0 Å². The van der Waals surface area contributed by atoms with Gasteiger partial charge in [-0.05, 0) is 44.5 Å². The maximum atomic E-state index is 12.3. The summed E-state index contributed by atoms with van der Waals surface area (Å²) in [5.74, 6) is -1.43. The van der Waals surface area contributed by atoms with Crippen molar-refractivity contribution in [3.63, 3.8) is 0 Å². The van der Waals surface area contributed by atoms with E-state index in [1.54, 1.807) is 18.3 Å². The van der Waals surface area contributed by atoms with E-state index in [1.165, 1.54) is 0 Å². The largest absolute Gasteiger partial charge is 0.480 e. The number of hydrogen-bond acceptors (Lipinski definition) is 3. The monoisotopic (exact) mass is 366 g/mol. The zero-order valence-electron chi connectivity index (χ0n) is 14.6. The fourth-order valence-corrected chi connectivity index (χ4v) is 2.63. The first-order chi connectivity index (χ1) is 11.7. The Hall–Kier alpha value is -2.05. The van der Waals surface area contributed by atoms with Crippen molar-refractivity contribution in [2.45, 2.75) is 45.3 Å². The molecule has 6 nitrogen and oxygen atoms in total. The predicted molar refractivity (Wildman–Crippen MR) is 96.9 cm³/mol. The number of H-pyrrole nitrogens is 1. The Balaban J connectivity index is 1.98. The van der Waals surface area contributed by atoms with E-state index in [2.05, 4.69) is 10.3 Å². The number of carboxylic acid groups (broad SMARTS) is 1. The summed E-state index contributed by atoms with van der Waals surface area (Å²) in [7, 11) is 0. The van der Waals surface area contributed by atoms with E-state index in [-0.39, 0.29) is 31.0 Å². The van der Waals surface area contributed by atoms with Crippen LogP contribution in [-0.2, 0) is 20.7 Å². The van der Waals surface area contributed by atoms with Gasteiger partial charge in [-0.3, -0.25) is 4.79 Å². The van der Waals surface area contributed by atoms with Crippen LogP contribution in [0.4, 0.5) is 0 Å². The lowest BCUT2D eigenvalue weighted by Gasteiger charge is -2.21. The summed E-state index contributed by atoms with van der Waals surface area (Å²) in [6, 6.07) is 4.40. The van der Waals surface area contributed by atoms with Crippen LogP contribution in [0.15, 0.2) is 24.4 Å². The van der Waals surface area contributed by atoms with E-state index in [4.69, 9.17) is 16.3 Å². The lowest BCUT2D eigenvalue weighted by atomic mass is 10.1. The van der Waals surface area contributed by atoms with E-state index in [0.717, 1.165) is 16.5 Å². The zero-order valence-corrected chi connectivity index (χ0v) is 15.3. The van der Waals surface area contributed by atoms with Gasteiger partial charge in [0.2, 0.25) is 5.91 Å². The minimum Gasteiger partial charge on any atom is -0.480 e. The number of benzene rings is 1. The molecule has 0 radical (unpaired) electrons. The summed E-state index contributed by atoms with van der Waals surface area (Å²) in [5.41, 5.74) is 1.29. The second kappa shape index (κ2) is 7.89. The van der Waals surface area contributed by atoms with Crippen LogP contribution < -0.4 is 5.32 Å². The Morgan fingerprint density at radius 3 is 2.72 bits per heavy atom. The van der Waals surface area contributed by atoms with Crippen LogP contribution in [0.1, 0.15) is 32.8 Å². The van der Waals surface area contributed by atoms with Gasteiger partial charge in [0.05, 0.1) is 12.0 Å². The van der Waals surface area contributed by atoms with E-state index < -0.39 is 12.0 Å². The lowest BCUT2D eigenvalue weighted by molar-refractivity contribution is -0.142. The number of fused-ring (bicyclic) bond motifs is 1. The number of ether oxygens (including phenoxy) is 1. The summed E-state index contributed by atoms with van der Waals surface area (Å²) in [4.78, 5) is 26.7. The fraction of sp³-hybridized carbons (Fsp3) is 0.444. The van der Waals surface area contributed by atoms with Crippen molar-refractivity contribution < 1.29 is 19.4 Å². The first kappa shape index (κ1) is 19.3. The van der Waals surface area contributed by atoms with Crippen molar-refractivity contribution in [3.05, 3.63) is 35.0 Å². The van der Waals surface area contributed by atoms with Crippen molar-refractivity contribution >= 4 is 34.4 Å². The Kier molecular flexibility index (Phi) is 6.08. The van der Waals surface area contributed by atoms with Gasteiger partial charge in [0.25, 0.3) is 0 Å². The average molecular weight is 367 g/mol. The van der Waals surface area contributed by atoms with Gasteiger partial charge in [-0.25, -0.2) is 4.79 Å². The fourth-order valence-electron chi connectivity index (χ4n) is 2.46. The number of rotatable bonds is 7. The number of carboxylic acids is 1. The minimum absolute atomic E-state index is 0.0737. The molecule has 25 heavy (non-hydrogen) atoms. The van der Waals surface area contributed by atoms with Crippen LogP contribution >= 0.6 is 11.6 Å². The number of aliphatic carboxylic acids is 1. The Labute approximate surface area is 151 Å². The van der Waals surface area contributed by atoms with Crippen molar-refractivity contribution in [1.82, 2.24) is 10.3 Å². The maximum Gasteiger partial charge on any atom is 0.326 e. The molecule has 0 aliphatic carbocycles. The molecular weight excluding hydrogens is 344 g/mol. The van der Waals surface area contributed by atoms with Gasteiger partial charge in [-0.2, -0.15) is 0 Å². The van der Waals surface area contributed by atoms with Crippen LogP contribution in [-0.4, -0.2) is 40.2 Å². The minimum atomic E-state index is -1.08. The van der Waals surface area contributed by atoms with Crippen LogP contribution in [0.2, 0.25) is 5.02 Å². The highest BCUT2D eigenvalue weighted by Crippen LogP contribution is 2.22. The van der Waals surface area contributed by atoms with E-state index >= 15 is 0 Å². The summed E-state index contributed by atoms with van der Waals surface area (Å²) in [5, 5.41) is 13.3. The van der Waals surface area contributed by atoms with Gasteiger partial charge in [0, 0.05) is 35.2 Å². The summed E-state index contributed by atoms with van der Waals surface area (Å²) < 4.78 is 5.53. The molecule has 0 saturated carbocycles. The second-order valence-corrected chi connectivity index (χ2v) is 7.32. The second-order valence-electron chi connectivity index (χ2n) is 6.89. The third-order valence-electron chi connectivity index (χ3n) is 3.66. The van der Waals surface area contributed by atoms with Crippen LogP contribution in [0.25, 0.3) is 10.9 Å². The third-order valence-corrected chi connectivity index (χ3v) is 3.89. The summed E-state index contributed by atoms with van der Waals surface area (Å²) in [6.07, 6.45) is 2.02. The first-order valence-electron chi connectivity index (χ1n) is 8.07. The van der Waals surface area contributed by atoms with E-state index in [0.29, 0.717) is 5.02 Å². The number of amides is 1. The molecule has 0 fully saturated rings. The molecule has 1 unspecified atom stereocenters. The van der Waals surface area contributed by atoms with Crippen molar-refractivity contribution in [3.8, 4) is 0 Å². The van der Waals surface area contributed by atoms with Gasteiger partial charge in [-0.1, -0.05) is 11.6 Å². The topological polar surface area (TPSA) is 91.4 Å². The van der Waals surface area contributed by atoms with E-state index in [1.807, 2.05) is 26.8 Å². The van der Waals surface area contributed by atoms with Crippen LogP contribution in [0.3, 0.4) is 0 Å². The number of carbonyl (C=O) groups excluding carboxylic acids is 1. The number of halogens is 1. The molecule has 7 heteroatoms. The Bertz CT molecular complexity index is 764. The molecule has 0 saturated heterocycles. The molecule has 0 aliphatic heterocycles. The number of carbonyl (C=O) groups is 2. The van der Waals surface area contributed by atoms with Gasteiger partial charge in [0.1, 0.15) is 6.04 Å². The molecule has 2 aromatic rings. The molecule has 1 aromatic carbocycles. The predicted octanol–water partition coefficient (Wildman–Crippen LogP) is 3.14. The van der Waals surface area contributed by atoms with Crippen molar-refractivity contribution in [2.24, 2.45) is 0 Å². The molecule has 1 heterocycles. The molecule has 1 atom stereocenters. The first-order valence-corrected chi connectivity index (χ1v) is 8.45. The zero-order chi connectivity index (χ0) is 18.6. The molecule has 2 rings (SSSR count). The highest BCUT2D eigenvalue weighted by molar-refractivity contribution is 6.31. The number of hydrogen-bond donors (Lipinski definition) is 3. The Morgan fingerprint density at radius 1 is 1.36 bits per heavy atom. The molecule has 1 aromatic heterocycles. The molecule has 1 amide bonds. The number of aromatic amines is 1. The number of nitrogens with one attached hydrogen (secondary N) is 2. The maximum absolute atomic E-state index is 12.3. The highest BCUT2D eigenvalue weighted by atomic mass is 35.5. The molecule has 0 aliphatic rings. The summed E-state index contributed by atoms with van der Waals surface area (Å²) in [6.45, 7) is 5.93. The molecule has 0 bridgehead atoms. The van der Waals surface area contributed by atoms with Gasteiger partial charge in [0.15, 0.2) is 0 Å². The van der Waals surface area contributed by atoms with Gasteiger partial charge in [-0.15, -0.1) is 0 Å². The average Bonchev–Trinajstić information content (AvgIpc) is 2.87. The SMILES string of the molecule is CC(C)(C)OCCC(NC(=O)Cc1c[nH]c2ccc(Cl)cc12)C(=O)O. The molecular formula is C18H23ClN2O4. The standard InChI is InChI=1S/C18H23ClN2O4/c1-18(2,3)25-7-6-15(17(23)24)21-16(22)8-11-10-20-14-5-4-12(19)9-13(11)14/h4-5,9-10,15,20H,6-8H2,1-3H3,(H,21,22)(H,23,24). The lowest BCUT2D eigenvalue weighted by Crippen LogP contribution is -2.42. The number of aromatic nitrogens is 1. The smallest absolute Gasteiger partial charge is 0.326 e. The van der Waals surface area contributed by atoms with E-state index in [9.17, 15) is 14.7 Å². The van der Waals surface area contributed by atoms with Crippen molar-refractivity contribution in [2.75, 3.05) is 6.61 Å². The quantitative estimate of drug-likeness (QED) is 0.702. The Morgan fingerprint density at radius 2 is 2.08 bits per heavy atom. The van der Waals surface area contributed by atoms with Gasteiger partial charge >= 0.3 is 5.97 Å². The highest BCUT2D eigenvalue weighted by Gasteiger charge is 2.21. The van der Waals surface area contributed by atoms with Crippen LogP contribution in [0, 0.1) is 0 Å². The normalized spacial score (nSPS) is 13.0. The third kappa shape index (κ3) is 5.76. The molecule has 136 valence electrons. The van der Waals surface area contributed by atoms with Crippen LogP contribution in [0.5, 0.6) is 0 Å². The molecule has 0 spiro atoms.